The van der Waals surface area contributed by atoms with Gasteiger partial charge in [0, 0.05) is 0 Å². The van der Waals surface area contributed by atoms with E-state index in [0.29, 0.717) is 4.88 Å². The second-order valence-corrected chi connectivity index (χ2v) is 6.37. The predicted molar refractivity (Wildman–Crippen MR) is 81.5 cm³/mol. The summed E-state index contributed by atoms with van der Waals surface area (Å²) in [6.45, 7) is -0.184. The van der Waals surface area contributed by atoms with Gasteiger partial charge in [0.1, 0.15) is 5.75 Å². The lowest BCUT2D eigenvalue weighted by molar-refractivity contribution is -0.385. The van der Waals surface area contributed by atoms with Gasteiger partial charge in [0.2, 0.25) is 5.78 Å². The molecule has 2 rings (SSSR count). The van der Waals surface area contributed by atoms with Crippen molar-refractivity contribution >= 4 is 38.7 Å². The minimum Gasteiger partial charge on any atom is -0.490 e. The molecule has 21 heavy (non-hydrogen) atoms. The van der Waals surface area contributed by atoms with Gasteiger partial charge in [-0.2, -0.15) is 0 Å². The van der Waals surface area contributed by atoms with Crippen LogP contribution in [0.1, 0.15) is 9.67 Å². The maximum absolute atomic E-state index is 11.9. The minimum absolute atomic E-state index is 0.140. The Bertz CT molecular complexity index is 685. The van der Waals surface area contributed by atoms with Crippen LogP contribution in [0.3, 0.4) is 0 Å². The Kier molecular flexibility index (Phi) is 4.92. The van der Waals surface area contributed by atoms with Gasteiger partial charge in [-0.1, -0.05) is 0 Å². The lowest BCUT2D eigenvalue weighted by atomic mass is 10.2. The summed E-state index contributed by atoms with van der Waals surface area (Å²) in [5.41, 5.74) is -0.207. The van der Waals surface area contributed by atoms with Crippen LogP contribution < -0.4 is 9.47 Å². The van der Waals surface area contributed by atoms with Crippen molar-refractivity contribution in [3.63, 3.8) is 0 Å². The zero-order valence-electron chi connectivity index (χ0n) is 10.9. The van der Waals surface area contributed by atoms with Gasteiger partial charge in [-0.25, -0.2) is 0 Å². The number of rotatable bonds is 6. The summed E-state index contributed by atoms with van der Waals surface area (Å²) >= 11 is 4.58. The highest BCUT2D eigenvalue weighted by molar-refractivity contribution is 9.11. The highest BCUT2D eigenvalue weighted by Crippen LogP contribution is 2.31. The molecule has 0 aliphatic heterocycles. The molecule has 0 amide bonds. The van der Waals surface area contributed by atoms with E-state index in [4.69, 9.17) is 9.47 Å². The molecule has 8 heteroatoms. The van der Waals surface area contributed by atoms with E-state index in [-0.39, 0.29) is 29.6 Å². The number of halogens is 1. The molecule has 0 atom stereocenters. The number of ketones is 1. The minimum atomic E-state index is -0.566. The topological polar surface area (TPSA) is 78.7 Å². The van der Waals surface area contributed by atoms with Crippen LogP contribution >= 0.6 is 27.3 Å². The van der Waals surface area contributed by atoms with Crippen LogP contribution in [0.5, 0.6) is 11.5 Å². The smallest absolute Gasteiger partial charge is 0.314 e. The average Bonchev–Trinajstić information content (AvgIpc) is 2.91. The maximum Gasteiger partial charge on any atom is 0.314 e. The second kappa shape index (κ2) is 6.68. The number of methoxy groups -OCH3 is 1. The molecule has 1 heterocycles. The van der Waals surface area contributed by atoms with Gasteiger partial charge in [-0.3, -0.25) is 14.9 Å². The maximum atomic E-state index is 11.9. The van der Waals surface area contributed by atoms with Crippen LogP contribution in [0.4, 0.5) is 5.69 Å². The third-order valence-electron chi connectivity index (χ3n) is 2.56. The molecule has 1 aromatic carbocycles. The molecule has 0 saturated carbocycles. The Labute approximate surface area is 132 Å². The number of hydrogen-bond acceptors (Lipinski definition) is 6. The SMILES string of the molecule is COc1ccc(OCC(=O)c2ccc(Br)s2)cc1[N+](=O)[O-]. The number of Topliss-reactive ketones (excluding diaryl/α,β-unsaturated/α-hetero) is 1. The summed E-state index contributed by atoms with van der Waals surface area (Å²) in [4.78, 5) is 22.8. The first kappa shape index (κ1) is 15.5. The molecule has 0 saturated heterocycles. The summed E-state index contributed by atoms with van der Waals surface area (Å²) in [6.07, 6.45) is 0. The third-order valence-corrected chi connectivity index (χ3v) is 4.23. The van der Waals surface area contributed by atoms with Gasteiger partial charge in [0.05, 0.1) is 26.8 Å². The van der Waals surface area contributed by atoms with Crippen LogP contribution in [0.25, 0.3) is 0 Å². The molecule has 2 aromatic rings. The van der Waals surface area contributed by atoms with Gasteiger partial charge in [0.25, 0.3) is 0 Å². The molecule has 0 radical (unpaired) electrons. The van der Waals surface area contributed by atoms with Crippen molar-refractivity contribution in [2.45, 2.75) is 0 Å². The molecule has 1 aromatic heterocycles. The lowest BCUT2D eigenvalue weighted by Crippen LogP contribution is -2.10. The summed E-state index contributed by atoms with van der Waals surface area (Å²) in [5, 5.41) is 10.9. The molecule has 0 bridgehead atoms. The molecule has 0 aliphatic rings. The van der Waals surface area contributed by atoms with Crippen molar-refractivity contribution in [2.24, 2.45) is 0 Å². The molecule has 0 unspecified atom stereocenters. The van der Waals surface area contributed by atoms with Crippen molar-refractivity contribution in [2.75, 3.05) is 13.7 Å². The number of benzene rings is 1. The lowest BCUT2D eigenvalue weighted by Gasteiger charge is -2.06. The van der Waals surface area contributed by atoms with Gasteiger partial charge in [0.15, 0.2) is 12.4 Å². The molecule has 0 N–H and O–H groups in total. The van der Waals surface area contributed by atoms with E-state index in [2.05, 4.69) is 15.9 Å². The predicted octanol–water partition coefficient (Wildman–Crippen LogP) is 3.69. The molecule has 0 spiro atoms. The number of carbonyl (C=O) groups excluding carboxylic acids is 1. The number of carbonyl (C=O) groups is 1. The Hall–Kier alpha value is -1.93. The molecule has 0 fully saturated rings. The first-order valence-electron chi connectivity index (χ1n) is 5.75. The number of nitrogens with zero attached hydrogens (tertiary/aromatic N) is 1. The van der Waals surface area contributed by atoms with E-state index in [0.717, 1.165) is 3.79 Å². The quantitative estimate of drug-likeness (QED) is 0.439. The molecule has 6 nitrogen and oxygen atoms in total. The second-order valence-electron chi connectivity index (χ2n) is 3.91. The summed E-state index contributed by atoms with van der Waals surface area (Å²) < 4.78 is 11.0. The number of nitro benzene ring substituents is 1. The standard InChI is InChI=1S/C13H10BrNO5S/c1-19-11-3-2-8(6-9(11)15(17)18)20-7-10(16)12-4-5-13(14)21-12/h2-6H,7H2,1H3. The first-order valence-corrected chi connectivity index (χ1v) is 7.36. The Balaban J connectivity index is 2.08. The molecule has 110 valence electrons. The van der Waals surface area contributed by atoms with E-state index in [1.54, 1.807) is 12.1 Å². The van der Waals surface area contributed by atoms with Crippen LogP contribution in [-0.4, -0.2) is 24.4 Å². The largest absolute Gasteiger partial charge is 0.490 e. The molecular formula is C13H10BrNO5S. The van der Waals surface area contributed by atoms with Crippen LogP contribution in [0, 0.1) is 10.1 Å². The van der Waals surface area contributed by atoms with Crippen LogP contribution in [-0.2, 0) is 0 Å². The van der Waals surface area contributed by atoms with E-state index in [9.17, 15) is 14.9 Å². The summed E-state index contributed by atoms with van der Waals surface area (Å²) in [7, 11) is 1.35. The highest BCUT2D eigenvalue weighted by atomic mass is 79.9. The fourth-order valence-corrected chi connectivity index (χ4v) is 2.90. The van der Waals surface area contributed by atoms with Crippen molar-refractivity contribution < 1.29 is 19.2 Å². The summed E-state index contributed by atoms with van der Waals surface area (Å²) in [5.74, 6) is 0.191. The summed E-state index contributed by atoms with van der Waals surface area (Å²) in [6, 6.07) is 7.65. The number of thiophene rings is 1. The van der Waals surface area contributed by atoms with E-state index >= 15 is 0 Å². The zero-order chi connectivity index (χ0) is 15.4. The number of ether oxygens (including phenoxy) is 2. The fraction of sp³-hybridized carbons (Fsp3) is 0.154. The highest BCUT2D eigenvalue weighted by Gasteiger charge is 2.16. The van der Waals surface area contributed by atoms with E-state index < -0.39 is 4.92 Å². The van der Waals surface area contributed by atoms with Gasteiger partial charge in [-0.15, -0.1) is 11.3 Å². The van der Waals surface area contributed by atoms with Crippen molar-refractivity contribution in [3.05, 3.63) is 49.1 Å². The Morgan fingerprint density at radius 3 is 2.71 bits per heavy atom. The molecular weight excluding hydrogens is 362 g/mol. The fourth-order valence-electron chi connectivity index (χ4n) is 1.59. The first-order chi connectivity index (χ1) is 10.0. The Morgan fingerprint density at radius 1 is 1.38 bits per heavy atom. The van der Waals surface area contributed by atoms with Crippen molar-refractivity contribution in [1.82, 2.24) is 0 Å². The monoisotopic (exact) mass is 371 g/mol. The van der Waals surface area contributed by atoms with Gasteiger partial charge >= 0.3 is 5.69 Å². The third kappa shape index (κ3) is 3.79. The van der Waals surface area contributed by atoms with Gasteiger partial charge < -0.3 is 9.47 Å². The zero-order valence-corrected chi connectivity index (χ0v) is 13.3. The van der Waals surface area contributed by atoms with Crippen LogP contribution in [0.2, 0.25) is 0 Å². The molecule has 0 aliphatic carbocycles. The number of hydrogen-bond donors (Lipinski definition) is 0. The Morgan fingerprint density at radius 2 is 2.14 bits per heavy atom. The van der Waals surface area contributed by atoms with E-state index in [1.165, 1.54) is 36.6 Å². The average molecular weight is 372 g/mol. The van der Waals surface area contributed by atoms with Crippen molar-refractivity contribution in [1.29, 1.82) is 0 Å². The number of nitro groups is 1. The normalized spacial score (nSPS) is 10.2. The van der Waals surface area contributed by atoms with Gasteiger partial charge in [-0.05, 0) is 40.2 Å². The van der Waals surface area contributed by atoms with Crippen LogP contribution in [0.15, 0.2) is 34.1 Å². The van der Waals surface area contributed by atoms with E-state index in [1.807, 2.05) is 0 Å². The van der Waals surface area contributed by atoms with Crippen molar-refractivity contribution in [3.8, 4) is 11.5 Å².